The number of aromatic nitrogens is 1. The number of fused-ring (bicyclic) bond motifs is 4. The lowest BCUT2D eigenvalue weighted by Crippen LogP contribution is -2.55. The molecule has 0 amide bonds. The first kappa shape index (κ1) is 12.5. The number of hydrogen-bond acceptors (Lipinski definition) is 6. The number of epoxide rings is 1. The molecule has 6 nitrogen and oxygen atoms in total. The monoisotopic (exact) mass is 291 g/mol. The molecule has 1 saturated carbocycles. The van der Waals surface area contributed by atoms with Crippen molar-refractivity contribution in [2.24, 2.45) is 0 Å². The van der Waals surface area contributed by atoms with Gasteiger partial charge in [0.2, 0.25) is 0 Å². The molecule has 4 heterocycles. The molecule has 4 atom stereocenters. The second-order valence-electron chi connectivity index (χ2n) is 6.20. The van der Waals surface area contributed by atoms with E-state index in [4.69, 9.17) is 18.9 Å². The normalized spacial score (nSPS) is 42.8. The van der Waals surface area contributed by atoms with Gasteiger partial charge in [0.1, 0.15) is 11.7 Å². The van der Waals surface area contributed by atoms with Crippen LogP contribution in [0.2, 0.25) is 0 Å². The van der Waals surface area contributed by atoms with Gasteiger partial charge in [0.15, 0.2) is 12.1 Å². The number of aliphatic hydroxyl groups is 1. The van der Waals surface area contributed by atoms with Gasteiger partial charge in [-0.2, -0.15) is 0 Å². The minimum Gasteiger partial charge on any atom is -0.389 e. The first-order chi connectivity index (χ1) is 10.2. The average Bonchev–Trinajstić information content (AvgIpc) is 3.15. The van der Waals surface area contributed by atoms with Crippen LogP contribution in [0, 0.1) is 0 Å². The Morgan fingerprint density at radius 2 is 2.10 bits per heavy atom. The van der Waals surface area contributed by atoms with Gasteiger partial charge < -0.3 is 24.1 Å². The van der Waals surface area contributed by atoms with Crippen LogP contribution in [0.15, 0.2) is 18.3 Å². The molecule has 6 heteroatoms. The quantitative estimate of drug-likeness (QED) is 0.719. The molecule has 3 unspecified atom stereocenters. The van der Waals surface area contributed by atoms with Crippen LogP contribution in [-0.4, -0.2) is 41.5 Å². The van der Waals surface area contributed by atoms with Crippen LogP contribution in [0.3, 0.4) is 0 Å². The summed E-state index contributed by atoms with van der Waals surface area (Å²) in [5.74, 6) is -0.649. The van der Waals surface area contributed by atoms with Crippen molar-refractivity contribution in [3.8, 4) is 0 Å². The summed E-state index contributed by atoms with van der Waals surface area (Å²) in [5, 5.41) is 10.8. The maximum atomic E-state index is 10.8. The molecular weight excluding hydrogens is 274 g/mol. The Morgan fingerprint density at radius 3 is 2.90 bits per heavy atom. The summed E-state index contributed by atoms with van der Waals surface area (Å²) in [4.78, 5) is 4.49. The molecular formula is C15H17NO5. The zero-order chi connectivity index (χ0) is 14.1. The smallest absolute Gasteiger partial charge is 0.190 e. The van der Waals surface area contributed by atoms with Gasteiger partial charge in [-0.1, -0.05) is 6.07 Å². The fraction of sp³-hybridized carbons (Fsp3) is 0.667. The van der Waals surface area contributed by atoms with E-state index in [9.17, 15) is 5.11 Å². The number of rotatable bonds is 0. The Labute approximate surface area is 122 Å². The summed E-state index contributed by atoms with van der Waals surface area (Å²) >= 11 is 0. The molecule has 1 aromatic rings. The lowest BCUT2D eigenvalue weighted by molar-refractivity contribution is -0.262. The lowest BCUT2D eigenvalue weighted by Gasteiger charge is -2.47. The van der Waals surface area contributed by atoms with Crippen LogP contribution in [0.25, 0.3) is 0 Å². The standard InChI is InChI=1S/C15H17NO5/c17-10-8-14(18-6-7-19-14)3-4-15(10)12-9(2-1-5-16-12)11-13(20-11)21-15/h1-2,5,10-11,13,17H,3-4,6-8H2/t10-,11?,13?,15?/m1/s1. The lowest BCUT2D eigenvalue weighted by atomic mass is 9.74. The molecule has 21 heavy (non-hydrogen) atoms. The van der Waals surface area contributed by atoms with Gasteiger partial charge in [0.25, 0.3) is 0 Å². The second-order valence-corrected chi connectivity index (χ2v) is 6.20. The molecule has 0 radical (unpaired) electrons. The highest BCUT2D eigenvalue weighted by atomic mass is 16.8. The van der Waals surface area contributed by atoms with Crippen molar-refractivity contribution in [2.75, 3.05) is 13.2 Å². The van der Waals surface area contributed by atoms with Crippen molar-refractivity contribution in [2.45, 2.75) is 49.1 Å². The molecule has 1 aliphatic carbocycles. The molecule has 1 N–H and O–H groups in total. The summed E-state index contributed by atoms with van der Waals surface area (Å²) in [5.41, 5.74) is 1.05. The van der Waals surface area contributed by atoms with E-state index >= 15 is 0 Å². The Bertz CT molecular complexity index is 587. The van der Waals surface area contributed by atoms with Crippen LogP contribution in [0.4, 0.5) is 0 Å². The van der Waals surface area contributed by atoms with E-state index in [1.54, 1.807) is 6.20 Å². The van der Waals surface area contributed by atoms with Gasteiger partial charge in [-0.05, 0) is 12.5 Å². The van der Waals surface area contributed by atoms with E-state index in [2.05, 4.69) is 4.98 Å². The van der Waals surface area contributed by atoms with Crippen molar-refractivity contribution in [3.05, 3.63) is 29.6 Å². The molecule has 0 bridgehead atoms. The predicted octanol–water partition coefficient (Wildman–Crippen LogP) is 0.992. The van der Waals surface area contributed by atoms with Crippen molar-refractivity contribution >= 4 is 0 Å². The minimum absolute atomic E-state index is 0.0265. The van der Waals surface area contributed by atoms with E-state index in [0.29, 0.717) is 32.5 Å². The third-order valence-electron chi connectivity index (χ3n) is 5.06. The first-order valence-corrected chi connectivity index (χ1v) is 7.47. The fourth-order valence-electron chi connectivity index (χ4n) is 3.95. The van der Waals surface area contributed by atoms with E-state index in [-0.39, 0.29) is 12.4 Å². The van der Waals surface area contributed by atoms with Gasteiger partial charge in [0.05, 0.1) is 25.0 Å². The van der Waals surface area contributed by atoms with Gasteiger partial charge in [-0.15, -0.1) is 0 Å². The topological polar surface area (TPSA) is 73.3 Å². The Kier molecular flexibility index (Phi) is 2.39. The summed E-state index contributed by atoms with van der Waals surface area (Å²) in [7, 11) is 0. The molecule has 5 rings (SSSR count). The SMILES string of the molecule is O[C@@H]1CC2(CCC13OC1OC1c1cccnc13)OCCO2. The van der Waals surface area contributed by atoms with Gasteiger partial charge >= 0.3 is 0 Å². The number of nitrogens with zero attached hydrogens (tertiary/aromatic N) is 1. The Morgan fingerprint density at radius 1 is 1.24 bits per heavy atom. The third-order valence-corrected chi connectivity index (χ3v) is 5.06. The van der Waals surface area contributed by atoms with Crippen LogP contribution in [0.1, 0.15) is 36.6 Å². The van der Waals surface area contributed by atoms with Gasteiger partial charge in [-0.3, -0.25) is 4.98 Å². The number of aliphatic hydroxyl groups excluding tert-OH is 1. The Hall–Kier alpha value is -1.05. The Balaban J connectivity index is 1.55. The van der Waals surface area contributed by atoms with Crippen molar-refractivity contribution < 1.29 is 24.1 Å². The minimum atomic E-state index is -0.797. The molecule has 1 aromatic heterocycles. The number of ether oxygens (including phenoxy) is 4. The molecule has 0 aromatic carbocycles. The fourth-order valence-corrected chi connectivity index (χ4v) is 3.95. The van der Waals surface area contributed by atoms with Crippen LogP contribution in [0.5, 0.6) is 0 Å². The predicted molar refractivity (Wildman–Crippen MR) is 69.1 cm³/mol. The second kappa shape index (κ2) is 4.02. The molecule has 112 valence electrons. The van der Waals surface area contributed by atoms with Crippen molar-refractivity contribution in [1.29, 1.82) is 0 Å². The number of pyridine rings is 1. The average molecular weight is 291 g/mol. The van der Waals surface area contributed by atoms with Crippen LogP contribution in [-0.2, 0) is 24.5 Å². The highest BCUT2D eigenvalue weighted by Crippen LogP contribution is 2.57. The summed E-state index contributed by atoms with van der Waals surface area (Å²) < 4.78 is 23.1. The van der Waals surface area contributed by atoms with Crippen LogP contribution < -0.4 is 0 Å². The van der Waals surface area contributed by atoms with E-state index in [1.165, 1.54) is 0 Å². The zero-order valence-corrected chi connectivity index (χ0v) is 11.5. The summed E-state index contributed by atoms with van der Waals surface area (Å²) in [6, 6.07) is 3.91. The largest absolute Gasteiger partial charge is 0.389 e. The third kappa shape index (κ3) is 1.62. The van der Waals surface area contributed by atoms with E-state index in [0.717, 1.165) is 11.3 Å². The molecule has 2 saturated heterocycles. The van der Waals surface area contributed by atoms with Crippen molar-refractivity contribution in [3.63, 3.8) is 0 Å². The van der Waals surface area contributed by atoms with E-state index in [1.807, 2.05) is 12.1 Å². The maximum Gasteiger partial charge on any atom is 0.190 e. The molecule has 3 fully saturated rings. The van der Waals surface area contributed by atoms with Crippen molar-refractivity contribution in [1.82, 2.24) is 4.98 Å². The summed E-state index contributed by atoms with van der Waals surface area (Å²) in [6.45, 7) is 1.17. The van der Waals surface area contributed by atoms with E-state index < -0.39 is 17.5 Å². The first-order valence-electron chi connectivity index (χ1n) is 7.47. The molecule has 3 aliphatic heterocycles. The zero-order valence-electron chi connectivity index (χ0n) is 11.5. The highest BCUT2D eigenvalue weighted by Gasteiger charge is 2.62. The maximum absolute atomic E-state index is 10.8. The number of hydrogen-bond donors (Lipinski definition) is 1. The molecule has 2 spiro atoms. The highest BCUT2D eigenvalue weighted by molar-refractivity contribution is 5.35. The molecule has 4 aliphatic rings. The van der Waals surface area contributed by atoms with Gasteiger partial charge in [-0.25, -0.2) is 0 Å². The summed E-state index contributed by atoms with van der Waals surface area (Å²) in [6.07, 6.45) is 2.45. The van der Waals surface area contributed by atoms with Crippen LogP contribution >= 0.6 is 0 Å². The van der Waals surface area contributed by atoms with Gasteiger partial charge in [0, 0.05) is 24.6 Å².